The van der Waals surface area contributed by atoms with E-state index in [0.29, 0.717) is 12.1 Å². The molecule has 0 bridgehead atoms. The second-order valence-corrected chi connectivity index (χ2v) is 6.49. The lowest BCUT2D eigenvalue weighted by molar-refractivity contribution is 0.467. The van der Waals surface area contributed by atoms with Gasteiger partial charge in [-0.05, 0) is 43.2 Å². The Bertz CT molecular complexity index is 365. The molecular formula is C15H22FNS. The van der Waals surface area contributed by atoms with Crippen molar-refractivity contribution in [1.29, 1.82) is 0 Å². The molecule has 3 atom stereocenters. The minimum atomic E-state index is -0.161. The highest BCUT2D eigenvalue weighted by molar-refractivity contribution is 7.99. The molecule has 0 amide bonds. The summed E-state index contributed by atoms with van der Waals surface area (Å²) in [7, 11) is 0. The van der Waals surface area contributed by atoms with Crippen LogP contribution in [0.2, 0.25) is 0 Å². The van der Waals surface area contributed by atoms with E-state index in [4.69, 9.17) is 0 Å². The van der Waals surface area contributed by atoms with Crippen molar-refractivity contribution in [2.75, 3.05) is 5.75 Å². The predicted molar refractivity (Wildman–Crippen MR) is 77.5 cm³/mol. The summed E-state index contributed by atoms with van der Waals surface area (Å²) in [4.78, 5) is 0. The van der Waals surface area contributed by atoms with Crippen molar-refractivity contribution in [3.05, 3.63) is 35.6 Å². The molecule has 0 aromatic heterocycles. The van der Waals surface area contributed by atoms with Crippen LogP contribution in [0.3, 0.4) is 0 Å². The summed E-state index contributed by atoms with van der Waals surface area (Å²) in [6.07, 6.45) is 3.92. The zero-order chi connectivity index (χ0) is 13.0. The summed E-state index contributed by atoms with van der Waals surface area (Å²) in [6.45, 7) is 4.39. The van der Waals surface area contributed by atoms with Crippen LogP contribution in [0, 0.1) is 5.82 Å². The van der Waals surface area contributed by atoms with E-state index in [1.807, 2.05) is 12.1 Å². The Hall–Kier alpha value is -0.540. The molecule has 1 aromatic carbocycles. The van der Waals surface area contributed by atoms with E-state index in [9.17, 15) is 4.39 Å². The van der Waals surface area contributed by atoms with E-state index < -0.39 is 0 Å². The lowest BCUT2D eigenvalue weighted by Crippen LogP contribution is -2.36. The summed E-state index contributed by atoms with van der Waals surface area (Å²) < 4.78 is 12.9. The number of hydrogen-bond donors (Lipinski definition) is 1. The Balaban J connectivity index is 1.94. The van der Waals surface area contributed by atoms with Crippen molar-refractivity contribution in [2.24, 2.45) is 0 Å². The van der Waals surface area contributed by atoms with Gasteiger partial charge in [-0.25, -0.2) is 4.39 Å². The van der Waals surface area contributed by atoms with Gasteiger partial charge in [-0.3, -0.25) is 0 Å². The molecule has 18 heavy (non-hydrogen) atoms. The number of rotatable bonds is 5. The maximum absolute atomic E-state index is 12.9. The van der Waals surface area contributed by atoms with Crippen LogP contribution >= 0.6 is 11.8 Å². The fraction of sp³-hybridized carbons (Fsp3) is 0.600. The minimum Gasteiger partial charge on any atom is -0.306 e. The quantitative estimate of drug-likeness (QED) is 0.860. The van der Waals surface area contributed by atoms with Gasteiger partial charge in [0.2, 0.25) is 0 Å². The lowest BCUT2D eigenvalue weighted by Gasteiger charge is -2.24. The topological polar surface area (TPSA) is 12.0 Å². The maximum Gasteiger partial charge on any atom is 0.123 e. The summed E-state index contributed by atoms with van der Waals surface area (Å²) in [5, 5.41) is 4.45. The van der Waals surface area contributed by atoms with Crippen LogP contribution in [0.25, 0.3) is 0 Å². The van der Waals surface area contributed by atoms with E-state index in [-0.39, 0.29) is 5.82 Å². The average Bonchev–Trinajstić information content (AvgIpc) is 2.78. The standard InChI is InChI=1S/C15H22FNS/c1-3-18-15-6-4-5-14(15)17-11(2)12-7-9-13(16)10-8-12/h7-11,14-15,17H,3-6H2,1-2H3. The predicted octanol–water partition coefficient (Wildman–Crippen LogP) is 4.15. The van der Waals surface area contributed by atoms with Gasteiger partial charge >= 0.3 is 0 Å². The molecule has 0 saturated heterocycles. The second-order valence-electron chi connectivity index (χ2n) is 4.97. The van der Waals surface area contributed by atoms with Crippen LogP contribution in [-0.4, -0.2) is 17.0 Å². The Morgan fingerprint density at radius 3 is 2.72 bits per heavy atom. The van der Waals surface area contributed by atoms with Crippen molar-refractivity contribution in [1.82, 2.24) is 5.32 Å². The van der Waals surface area contributed by atoms with Crippen LogP contribution in [0.5, 0.6) is 0 Å². The molecule has 3 heteroatoms. The van der Waals surface area contributed by atoms with Gasteiger partial charge in [-0.15, -0.1) is 0 Å². The smallest absolute Gasteiger partial charge is 0.123 e. The van der Waals surface area contributed by atoms with Crippen molar-refractivity contribution < 1.29 is 4.39 Å². The molecule has 0 radical (unpaired) electrons. The van der Waals surface area contributed by atoms with Gasteiger partial charge in [0.05, 0.1) is 0 Å². The van der Waals surface area contributed by atoms with Crippen LogP contribution in [0.15, 0.2) is 24.3 Å². The fourth-order valence-corrected chi connectivity index (χ4v) is 3.91. The molecule has 1 N–H and O–H groups in total. The first-order valence-electron chi connectivity index (χ1n) is 6.84. The van der Waals surface area contributed by atoms with Gasteiger partial charge in [-0.1, -0.05) is 25.5 Å². The third-order valence-corrected chi connectivity index (χ3v) is 4.99. The van der Waals surface area contributed by atoms with E-state index in [0.717, 1.165) is 5.25 Å². The molecule has 1 aliphatic rings. The van der Waals surface area contributed by atoms with Crippen LogP contribution < -0.4 is 5.32 Å². The first kappa shape index (κ1) is 13.9. The molecule has 1 saturated carbocycles. The fourth-order valence-electron chi connectivity index (χ4n) is 2.70. The number of hydrogen-bond acceptors (Lipinski definition) is 2. The third-order valence-electron chi connectivity index (χ3n) is 3.67. The number of halogens is 1. The third kappa shape index (κ3) is 3.48. The molecule has 1 aliphatic carbocycles. The normalized spacial score (nSPS) is 25.3. The van der Waals surface area contributed by atoms with Crippen molar-refractivity contribution >= 4 is 11.8 Å². The zero-order valence-corrected chi connectivity index (χ0v) is 12.0. The van der Waals surface area contributed by atoms with E-state index >= 15 is 0 Å². The molecule has 100 valence electrons. The van der Waals surface area contributed by atoms with Gasteiger partial charge in [0.25, 0.3) is 0 Å². The number of nitrogens with one attached hydrogen (secondary N) is 1. The van der Waals surface area contributed by atoms with Crippen molar-refractivity contribution in [2.45, 2.75) is 50.4 Å². The molecule has 1 aromatic rings. The summed E-state index contributed by atoms with van der Waals surface area (Å²) in [5.41, 5.74) is 1.17. The molecule has 1 fully saturated rings. The summed E-state index contributed by atoms with van der Waals surface area (Å²) >= 11 is 2.06. The Morgan fingerprint density at radius 2 is 2.06 bits per heavy atom. The largest absolute Gasteiger partial charge is 0.306 e. The van der Waals surface area contributed by atoms with Crippen LogP contribution in [0.1, 0.15) is 44.7 Å². The summed E-state index contributed by atoms with van der Waals surface area (Å²) in [5.74, 6) is 1.03. The molecule has 0 spiro atoms. The Labute approximate surface area is 114 Å². The van der Waals surface area contributed by atoms with Crippen molar-refractivity contribution in [3.8, 4) is 0 Å². The highest BCUT2D eigenvalue weighted by atomic mass is 32.2. The van der Waals surface area contributed by atoms with Gasteiger partial charge in [0.1, 0.15) is 5.82 Å². The Morgan fingerprint density at radius 1 is 1.33 bits per heavy atom. The van der Waals surface area contributed by atoms with Crippen LogP contribution in [-0.2, 0) is 0 Å². The first-order chi connectivity index (χ1) is 8.70. The minimum absolute atomic E-state index is 0.161. The van der Waals surface area contributed by atoms with Gasteiger partial charge < -0.3 is 5.32 Å². The summed E-state index contributed by atoms with van der Waals surface area (Å²) in [6, 6.07) is 7.75. The first-order valence-corrected chi connectivity index (χ1v) is 7.88. The molecule has 2 rings (SSSR count). The zero-order valence-electron chi connectivity index (χ0n) is 11.2. The highest BCUT2D eigenvalue weighted by Gasteiger charge is 2.28. The average molecular weight is 267 g/mol. The SMILES string of the molecule is CCSC1CCCC1NC(C)c1ccc(F)cc1. The second kappa shape index (κ2) is 6.58. The monoisotopic (exact) mass is 267 g/mol. The highest BCUT2D eigenvalue weighted by Crippen LogP contribution is 2.31. The molecular weight excluding hydrogens is 245 g/mol. The van der Waals surface area contributed by atoms with Crippen LogP contribution in [0.4, 0.5) is 4.39 Å². The van der Waals surface area contributed by atoms with Gasteiger partial charge in [0, 0.05) is 17.3 Å². The van der Waals surface area contributed by atoms with E-state index in [1.54, 1.807) is 12.1 Å². The number of thioether (sulfide) groups is 1. The molecule has 1 nitrogen and oxygen atoms in total. The van der Waals surface area contributed by atoms with Gasteiger partial charge in [-0.2, -0.15) is 11.8 Å². The van der Waals surface area contributed by atoms with E-state index in [1.165, 1.54) is 30.6 Å². The maximum atomic E-state index is 12.9. The Kier molecular flexibility index (Phi) is 5.07. The van der Waals surface area contributed by atoms with E-state index in [2.05, 4.69) is 30.9 Å². The molecule has 0 heterocycles. The number of benzene rings is 1. The van der Waals surface area contributed by atoms with Gasteiger partial charge in [0.15, 0.2) is 0 Å². The van der Waals surface area contributed by atoms with Crippen molar-refractivity contribution in [3.63, 3.8) is 0 Å². The molecule has 0 aliphatic heterocycles. The lowest BCUT2D eigenvalue weighted by atomic mass is 10.1. The molecule has 3 unspecified atom stereocenters.